The smallest absolute Gasteiger partial charge is 0.419 e. The standard InChI is InChI=1S/C14H8F4INO2/c1-22-13(21)12-10(19)5-7(6-20-12)8-3-2-4-9(11(8)15)14(16,17)18/h2-6H,1H3. The van der Waals surface area contributed by atoms with Crippen molar-refractivity contribution in [2.24, 2.45) is 0 Å². The molecule has 8 heteroatoms. The van der Waals surface area contributed by atoms with Gasteiger partial charge >= 0.3 is 12.1 Å². The van der Waals surface area contributed by atoms with Crippen LogP contribution in [0, 0.1) is 9.39 Å². The third-order valence-corrected chi connectivity index (χ3v) is 3.66. The predicted molar refractivity (Wildman–Crippen MR) is 78.7 cm³/mol. The highest BCUT2D eigenvalue weighted by Gasteiger charge is 2.35. The lowest BCUT2D eigenvalue weighted by Crippen LogP contribution is -2.09. The number of pyridine rings is 1. The molecule has 0 radical (unpaired) electrons. The Kier molecular flexibility index (Phi) is 4.69. The Morgan fingerprint density at radius 3 is 2.55 bits per heavy atom. The molecule has 2 aromatic rings. The number of esters is 1. The molecule has 0 aliphatic carbocycles. The maximum atomic E-state index is 14.1. The summed E-state index contributed by atoms with van der Waals surface area (Å²) in [4.78, 5) is 15.3. The van der Waals surface area contributed by atoms with Crippen LogP contribution < -0.4 is 0 Å². The minimum absolute atomic E-state index is 0.0132. The van der Waals surface area contributed by atoms with Crippen LogP contribution in [0.5, 0.6) is 0 Å². The van der Waals surface area contributed by atoms with Crippen LogP contribution in [0.4, 0.5) is 17.6 Å². The summed E-state index contributed by atoms with van der Waals surface area (Å²) in [5, 5.41) is 0. The summed E-state index contributed by atoms with van der Waals surface area (Å²) in [6.45, 7) is 0. The van der Waals surface area contributed by atoms with E-state index in [0.29, 0.717) is 9.64 Å². The number of rotatable bonds is 2. The third-order valence-electron chi connectivity index (χ3n) is 2.84. The van der Waals surface area contributed by atoms with Gasteiger partial charge in [0, 0.05) is 20.9 Å². The number of benzene rings is 1. The van der Waals surface area contributed by atoms with Gasteiger partial charge in [-0.15, -0.1) is 0 Å². The Morgan fingerprint density at radius 1 is 1.32 bits per heavy atom. The SMILES string of the molecule is COC(=O)c1ncc(-c2cccc(C(F)(F)F)c2F)cc1I. The van der Waals surface area contributed by atoms with Crippen LogP contribution in [0.3, 0.4) is 0 Å². The van der Waals surface area contributed by atoms with Crippen molar-refractivity contribution in [1.82, 2.24) is 4.98 Å². The van der Waals surface area contributed by atoms with Gasteiger partial charge in [-0.25, -0.2) is 14.2 Å². The number of nitrogens with zero attached hydrogens (tertiary/aromatic N) is 1. The van der Waals surface area contributed by atoms with E-state index in [4.69, 9.17) is 0 Å². The van der Waals surface area contributed by atoms with E-state index >= 15 is 0 Å². The monoisotopic (exact) mass is 425 g/mol. The summed E-state index contributed by atoms with van der Waals surface area (Å²) < 4.78 is 57.1. The largest absolute Gasteiger partial charge is 0.464 e. The quantitative estimate of drug-likeness (QED) is 0.410. The molecular weight excluding hydrogens is 417 g/mol. The lowest BCUT2D eigenvalue weighted by molar-refractivity contribution is -0.139. The molecule has 0 amide bonds. The molecule has 0 spiro atoms. The lowest BCUT2D eigenvalue weighted by atomic mass is 10.0. The number of methoxy groups -OCH3 is 1. The first-order chi connectivity index (χ1) is 10.3. The average Bonchev–Trinajstić information content (AvgIpc) is 2.45. The molecule has 1 aromatic carbocycles. The molecular formula is C14H8F4INO2. The summed E-state index contributed by atoms with van der Waals surface area (Å²) in [7, 11) is 1.18. The number of aromatic nitrogens is 1. The van der Waals surface area contributed by atoms with Crippen LogP contribution in [-0.4, -0.2) is 18.1 Å². The van der Waals surface area contributed by atoms with Crippen molar-refractivity contribution in [2.75, 3.05) is 7.11 Å². The van der Waals surface area contributed by atoms with Gasteiger partial charge < -0.3 is 4.74 Å². The molecule has 0 saturated heterocycles. The first kappa shape index (κ1) is 16.7. The Hall–Kier alpha value is -1.71. The van der Waals surface area contributed by atoms with Crippen molar-refractivity contribution in [1.29, 1.82) is 0 Å². The molecule has 0 N–H and O–H groups in total. The number of carbonyl (C=O) groups is 1. The highest BCUT2D eigenvalue weighted by molar-refractivity contribution is 14.1. The number of hydrogen-bond donors (Lipinski definition) is 0. The molecule has 0 aliphatic rings. The zero-order valence-electron chi connectivity index (χ0n) is 11.0. The fourth-order valence-corrected chi connectivity index (χ4v) is 2.50. The van der Waals surface area contributed by atoms with Crippen LogP contribution >= 0.6 is 22.6 Å². The zero-order valence-corrected chi connectivity index (χ0v) is 13.2. The van der Waals surface area contributed by atoms with E-state index in [2.05, 4.69) is 9.72 Å². The molecule has 116 valence electrons. The predicted octanol–water partition coefficient (Wildman–Crippen LogP) is 4.30. The van der Waals surface area contributed by atoms with E-state index < -0.39 is 23.5 Å². The van der Waals surface area contributed by atoms with Gasteiger partial charge in [-0.2, -0.15) is 13.2 Å². The fraction of sp³-hybridized carbons (Fsp3) is 0.143. The second-order valence-corrected chi connectivity index (χ2v) is 5.37. The average molecular weight is 425 g/mol. The van der Waals surface area contributed by atoms with E-state index in [9.17, 15) is 22.4 Å². The van der Waals surface area contributed by atoms with Crippen molar-refractivity contribution in [3.05, 3.63) is 51.1 Å². The molecule has 1 aromatic heterocycles. The summed E-state index contributed by atoms with van der Waals surface area (Å²) in [5.41, 5.74) is -1.44. The minimum Gasteiger partial charge on any atom is -0.464 e. The van der Waals surface area contributed by atoms with E-state index in [-0.39, 0.29) is 16.8 Å². The molecule has 0 atom stereocenters. The van der Waals surface area contributed by atoms with Crippen LogP contribution in [0.1, 0.15) is 16.1 Å². The van der Waals surface area contributed by atoms with Crippen molar-refractivity contribution < 1.29 is 27.1 Å². The van der Waals surface area contributed by atoms with E-state index in [1.165, 1.54) is 19.2 Å². The maximum Gasteiger partial charge on any atom is 0.419 e. The Bertz CT molecular complexity index is 731. The molecule has 1 heterocycles. The normalized spacial score (nSPS) is 11.4. The number of hydrogen-bond acceptors (Lipinski definition) is 3. The van der Waals surface area contributed by atoms with Gasteiger partial charge in [0.15, 0.2) is 5.69 Å². The highest BCUT2D eigenvalue weighted by atomic mass is 127. The second kappa shape index (κ2) is 6.19. The van der Waals surface area contributed by atoms with E-state index in [0.717, 1.165) is 12.3 Å². The molecule has 0 fully saturated rings. The molecule has 22 heavy (non-hydrogen) atoms. The van der Waals surface area contributed by atoms with Gasteiger partial charge in [0.1, 0.15) is 5.82 Å². The maximum absolute atomic E-state index is 14.1. The van der Waals surface area contributed by atoms with Crippen molar-refractivity contribution >= 4 is 28.6 Å². The number of ether oxygens (including phenoxy) is 1. The molecule has 2 rings (SSSR count). The highest BCUT2D eigenvalue weighted by Crippen LogP contribution is 2.35. The topological polar surface area (TPSA) is 39.2 Å². The molecule has 0 aliphatic heterocycles. The number of alkyl halides is 3. The molecule has 0 unspecified atom stereocenters. The summed E-state index contributed by atoms with van der Waals surface area (Å²) in [5.74, 6) is -2.06. The summed E-state index contributed by atoms with van der Waals surface area (Å²) in [6.07, 6.45) is -3.65. The summed E-state index contributed by atoms with van der Waals surface area (Å²) >= 11 is 1.78. The van der Waals surface area contributed by atoms with Crippen LogP contribution in [-0.2, 0) is 10.9 Å². The van der Waals surface area contributed by atoms with Crippen molar-refractivity contribution in [3.63, 3.8) is 0 Å². The van der Waals surface area contributed by atoms with Gasteiger partial charge in [0.2, 0.25) is 0 Å². The molecule has 0 bridgehead atoms. The summed E-state index contributed by atoms with van der Waals surface area (Å²) in [6, 6.07) is 4.37. The lowest BCUT2D eigenvalue weighted by Gasteiger charge is -2.12. The number of carbonyl (C=O) groups excluding carboxylic acids is 1. The van der Waals surface area contributed by atoms with Gasteiger partial charge in [-0.05, 0) is 34.7 Å². The Balaban J connectivity index is 2.54. The van der Waals surface area contributed by atoms with Gasteiger partial charge in [-0.3, -0.25) is 0 Å². The molecule has 3 nitrogen and oxygen atoms in total. The zero-order chi connectivity index (χ0) is 16.5. The third kappa shape index (κ3) is 3.21. The molecule has 0 saturated carbocycles. The fourth-order valence-electron chi connectivity index (χ4n) is 1.81. The van der Waals surface area contributed by atoms with Crippen LogP contribution in [0.2, 0.25) is 0 Å². The van der Waals surface area contributed by atoms with Gasteiger partial charge in [0.25, 0.3) is 0 Å². The van der Waals surface area contributed by atoms with E-state index in [1.54, 1.807) is 22.6 Å². The van der Waals surface area contributed by atoms with Crippen molar-refractivity contribution in [3.8, 4) is 11.1 Å². The van der Waals surface area contributed by atoms with Crippen molar-refractivity contribution in [2.45, 2.75) is 6.18 Å². The first-order valence-electron chi connectivity index (χ1n) is 5.85. The van der Waals surface area contributed by atoms with E-state index in [1.807, 2.05) is 0 Å². The first-order valence-corrected chi connectivity index (χ1v) is 6.93. The minimum atomic E-state index is -4.79. The van der Waals surface area contributed by atoms with Gasteiger partial charge in [0.05, 0.1) is 12.7 Å². The second-order valence-electron chi connectivity index (χ2n) is 4.21. The Labute approximate surface area is 136 Å². The Morgan fingerprint density at radius 2 is 2.00 bits per heavy atom. The number of halogens is 5. The van der Waals surface area contributed by atoms with Crippen LogP contribution in [0.15, 0.2) is 30.5 Å². The van der Waals surface area contributed by atoms with Gasteiger partial charge in [-0.1, -0.05) is 12.1 Å². The van der Waals surface area contributed by atoms with Crippen LogP contribution in [0.25, 0.3) is 11.1 Å².